The Balaban J connectivity index is 2.31. The molecular weight excluding hydrogens is 276 g/mol. The predicted octanol–water partition coefficient (Wildman–Crippen LogP) is 3.84. The summed E-state index contributed by atoms with van der Waals surface area (Å²) in [4.78, 5) is 2.36. The first-order chi connectivity index (χ1) is 7.88. The summed E-state index contributed by atoms with van der Waals surface area (Å²) in [5, 5.41) is 3.44. The van der Waals surface area contributed by atoms with E-state index in [0.717, 1.165) is 29.8 Å². The van der Waals surface area contributed by atoms with Crippen molar-refractivity contribution in [2.24, 2.45) is 5.41 Å². The fourth-order valence-corrected chi connectivity index (χ4v) is 2.30. The van der Waals surface area contributed by atoms with Gasteiger partial charge in [0.1, 0.15) is 0 Å². The fourth-order valence-electron chi connectivity index (χ4n) is 1.87. The summed E-state index contributed by atoms with van der Waals surface area (Å²) in [5.41, 5.74) is 1.53. The number of benzene rings is 1. The molecule has 96 valence electrons. The highest BCUT2D eigenvalue weighted by Gasteiger charge is 2.12. The summed E-state index contributed by atoms with van der Waals surface area (Å²) in [6.07, 6.45) is 0. The average Bonchev–Trinajstić information content (AvgIpc) is 2.18. The van der Waals surface area contributed by atoms with E-state index in [1.807, 2.05) is 12.1 Å². The van der Waals surface area contributed by atoms with Crippen LogP contribution in [0.3, 0.4) is 0 Å². The molecule has 1 N–H and O–H groups in total. The molecule has 0 bridgehead atoms. The number of nitrogens with one attached hydrogen (secondary N) is 1. The van der Waals surface area contributed by atoms with Gasteiger partial charge in [0.15, 0.2) is 0 Å². The zero-order valence-electron chi connectivity index (χ0n) is 11.3. The molecular formula is C14H23BrN2. The second-order valence-electron chi connectivity index (χ2n) is 5.71. The minimum Gasteiger partial charge on any atom is -0.383 e. The van der Waals surface area contributed by atoms with Crippen molar-refractivity contribution in [1.29, 1.82) is 0 Å². The zero-order chi connectivity index (χ0) is 12.9. The Morgan fingerprint density at radius 1 is 1.24 bits per heavy atom. The molecule has 17 heavy (non-hydrogen) atoms. The van der Waals surface area contributed by atoms with E-state index in [2.05, 4.69) is 66.1 Å². The minimum atomic E-state index is 0.363. The molecule has 3 heteroatoms. The largest absolute Gasteiger partial charge is 0.383 e. The molecule has 0 saturated heterocycles. The lowest BCUT2D eigenvalue weighted by Gasteiger charge is -2.26. The zero-order valence-corrected chi connectivity index (χ0v) is 12.8. The van der Waals surface area contributed by atoms with Gasteiger partial charge in [0.2, 0.25) is 0 Å². The van der Waals surface area contributed by atoms with Gasteiger partial charge < -0.3 is 10.2 Å². The van der Waals surface area contributed by atoms with Crippen molar-refractivity contribution >= 4 is 21.6 Å². The van der Waals surface area contributed by atoms with Gasteiger partial charge in [0.05, 0.1) is 0 Å². The van der Waals surface area contributed by atoms with Gasteiger partial charge in [-0.3, -0.25) is 0 Å². The first-order valence-corrected chi connectivity index (χ1v) is 6.85. The van der Waals surface area contributed by atoms with Gasteiger partial charge in [-0.1, -0.05) is 32.9 Å². The Hall–Kier alpha value is -0.540. The summed E-state index contributed by atoms with van der Waals surface area (Å²) >= 11 is 3.54. The molecule has 0 unspecified atom stereocenters. The van der Waals surface area contributed by atoms with Crippen LogP contribution < -0.4 is 5.32 Å². The van der Waals surface area contributed by atoms with E-state index in [0.29, 0.717) is 5.41 Å². The lowest BCUT2D eigenvalue weighted by molar-refractivity contribution is 0.233. The van der Waals surface area contributed by atoms with E-state index in [1.54, 1.807) is 0 Å². The van der Waals surface area contributed by atoms with Crippen LogP contribution in [0.1, 0.15) is 20.8 Å². The van der Waals surface area contributed by atoms with Crippen LogP contribution in [-0.2, 0) is 0 Å². The summed E-state index contributed by atoms with van der Waals surface area (Å²) < 4.78 is 1.12. The van der Waals surface area contributed by atoms with Crippen molar-refractivity contribution in [3.05, 3.63) is 28.7 Å². The number of hydrogen-bond donors (Lipinski definition) is 1. The van der Waals surface area contributed by atoms with Crippen molar-refractivity contribution in [1.82, 2.24) is 4.90 Å². The maximum absolute atomic E-state index is 3.54. The van der Waals surface area contributed by atoms with E-state index in [-0.39, 0.29) is 0 Å². The predicted molar refractivity (Wildman–Crippen MR) is 79.6 cm³/mol. The molecule has 0 heterocycles. The lowest BCUT2D eigenvalue weighted by Crippen LogP contribution is -2.32. The molecule has 0 fully saturated rings. The van der Waals surface area contributed by atoms with Crippen LogP contribution in [-0.4, -0.2) is 31.6 Å². The summed E-state index contributed by atoms with van der Waals surface area (Å²) in [6.45, 7) is 9.94. The Labute approximate surface area is 114 Å². The van der Waals surface area contributed by atoms with E-state index in [4.69, 9.17) is 0 Å². The first kappa shape index (κ1) is 14.5. The average molecular weight is 299 g/mol. The van der Waals surface area contributed by atoms with E-state index >= 15 is 0 Å². The SMILES string of the molecule is CN(CCNc1ccccc1Br)CC(C)(C)C. The normalized spacial score (nSPS) is 11.9. The summed E-state index contributed by atoms with van der Waals surface area (Å²) in [7, 11) is 2.17. The van der Waals surface area contributed by atoms with Crippen molar-refractivity contribution in [3.63, 3.8) is 0 Å². The molecule has 0 aliphatic heterocycles. The Bertz CT molecular complexity index is 344. The number of likely N-dealkylation sites (N-methyl/N-ethyl adjacent to an activating group) is 1. The minimum absolute atomic E-state index is 0.363. The smallest absolute Gasteiger partial charge is 0.0485 e. The molecule has 1 aromatic rings. The third-order valence-corrected chi connectivity index (χ3v) is 3.12. The van der Waals surface area contributed by atoms with Crippen molar-refractivity contribution in [3.8, 4) is 0 Å². The van der Waals surface area contributed by atoms with Crippen LogP contribution >= 0.6 is 15.9 Å². The molecule has 0 aliphatic carbocycles. The topological polar surface area (TPSA) is 15.3 Å². The fraction of sp³-hybridized carbons (Fsp3) is 0.571. The third kappa shape index (κ3) is 6.08. The molecule has 0 atom stereocenters. The van der Waals surface area contributed by atoms with Crippen LogP contribution in [0.2, 0.25) is 0 Å². The highest BCUT2D eigenvalue weighted by molar-refractivity contribution is 9.10. The Kier molecular flexibility index (Phi) is 5.47. The standard InChI is InChI=1S/C14H23BrN2/c1-14(2,3)11-17(4)10-9-16-13-8-6-5-7-12(13)15/h5-8,16H,9-11H2,1-4H3. The molecule has 1 rings (SSSR count). The van der Waals surface area contributed by atoms with Crippen LogP contribution in [0.15, 0.2) is 28.7 Å². The number of rotatable bonds is 5. The number of nitrogens with zero attached hydrogens (tertiary/aromatic N) is 1. The highest BCUT2D eigenvalue weighted by Crippen LogP contribution is 2.20. The number of halogens is 1. The molecule has 0 radical (unpaired) electrons. The molecule has 1 aromatic carbocycles. The second kappa shape index (κ2) is 6.41. The summed E-state index contributed by atoms with van der Waals surface area (Å²) in [5.74, 6) is 0. The molecule has 0 aliphatic rings. The maximum Gasteiger partial charge on any atom is 0.0485 e. The third-order valence-electron chi connectivity index (χ3n) is 2.43. The Morgan fingerprint density at radius 2 is 1.88 bits per heavy atom. The van der Waals surface area contributed by atoms with E-state index in [1.165, 1.54) is 0 Å². The molecule has 2 nitrogen and oxygen atoms in total. The van der Waals surface area contributed by atoms with Gasteiger partial charge in [-0.15, -0.1) is 0 Å². The highest BCUT2D eigenvalue weighted by atomic mass is 79.9. The molecule has 0 spiro atoms. The van der Waals surface area contributed by atoms with Gasteiger partial charge in [-0.2, -0.15) is 0 Å². The van der Waals surface area contributed by atoms with Crippen LogP contribution in [0.5, 0.6) is 0 Å². The maximum atomic E-state index is 3.54. The van der Waals surface area contributed by atoms with Gasteiger partial charge >= 0.3 is 0 Å². The van der Waals surface area contributed by atoms with Gasteiger partial charge in [0, 0.05) is 29.8 Å². The molecule has 0 saturated carbocycles. The van der Waals surface area contributed by atoms with Crippen molar-refractivity contribution in [2.75, 3.05) is 32.0 Å². The molecule has 0 aromatic heterocycles. The summed E-state index contributed by atoms with van der Waals surface area (Å²) in [6, 6.07) is 8.22. The van der Waals surface area contributed by atoms with Gasteiger partial charge in [-0.05, 0) is 40.5 Å². The van der Waals surface area contributed by atoms with Gasteiger partial charge in [-0.25, -0.2) is 0 Å². The van der Waals surface area contributed by atoms with Crippen LogP contribution in [0, 0.1) is 5.41 Å². The quantitative estimate of drug-likeness (QED) is 0.888. The molecule has 0 amide bonds. The number of hydrogen-bond acceptors (Lipinski definition) is 2. The lowest BCUT2D eigenvalue weighted by atomic mass is 9.96. The van der Waals surface area contributed by atoms with Crippen molar-refractivity contribution in [2.45, 2.75) is 20.8 Å². The van der Waals surface area contributed by atoms with E-state index in [9.17, 15) is 0 Å². The number of para-hydroxylation sites is 1. The van der Waals surface area contributed by atoms with Crippen molar-refractivity contribution < 1.29 is 0 Å². The number of anilines is 1. The monoisotopic (exact) mass is 298 g/mol. The second-order valence-corrected chi connectivity index (χ2v) is 6.56. The van der Waals surface area contributed by atoms with Crippen LogP contribution in [0.4, 0.5) is 5.69 Å². The first-order valence-electron chi connectivity index (χ1n) is 6.05. The Morgan fingerprint density at radius 3 is 2.47 bits per heavy atom. The van der Waals surface area contributed by atoms with Crippen LogP contribution in [0.25, 0.3) is 0 Å². The van der Waals surface area contributed by atoms with Gasteiger partial charge in [0.25, 0.3) is 0 Å². The van der Waals surface area contributed by atoms with E-state index < -0.39 is 0 Å².